The molecule has 10 heteroatoms. The van der Waals surface area contributed by atoms with E-state index in [2.05, 4.69) is 15.6 Å². The number of carboxylic acid groups (broad SMARTS) is 2. The van der Waals surface area contributed by atoms with E-state index in [-0.39, 0.29) is 37.3 Å². The van der Waals surface area contributed by atoms with Crippen molar-refractivity contribution in [3.05, 3.63) is 22.2 Å². The fraction of sp³-hybridized carbons (Fsp3) is 0.462. The maximum absolute atomic E-state index is 11.0. The lowest BCUT2D eigenvalue weighted by molar-refractivity contribution is -0.404. The fourth-order valence-electron chi connectivity index (χ4n) is 1.78. The maximum Gasteiger partial charge on any atom is 0.340 e. The SMILES string of the molecule is O=C([O-])CCCNc1ccc([N+](=O)[O-])c(NCCCC(=O)[O-])[nH+]1. The summed E-state index contributed by atoms with van der Waals surface area (Å²) in [6, 6.07) is 2.75. The molecule has 0 spiro atoms. The molecule has 1 aromatic heterocycles. The van der Waals surface area contributed by atoms with Gasteiger partial charge in [-0.3, -0.25) is 15.4 Å². The van der Waals surface area contributed by atoms with Gasteiger partial charge in [0.2, 0.25) is 5.82 Å². The second-order valence-corrected chi connectivity index (χ2v) is 4.69. The average molecular weight is 325 g/mol. The molecule has 0 saturated carbocycles. The lowest BCUT2D eigenvalue weighted by Gasteiger charge is -2.06. The molecule has 0 fully saturated rings. The van der Waals surface area contributed by atoms with Crippen molar-refractivity contribution in [1.29, 1.82) is 0 Å². The number of pyridine rings is 1. The first-order valence-electron chi connectivity index (χ1n) is 6.98. The molecule has 1 aromatic rings. The van der Waals surface area contributed by atoms with Crippen molar-refractivity contribution in [3.63, 3.8) is 0 Å². The molecule has 0 bridgehead atoms. The van der Waals surface area contributed by atoms with Crippen LogP contribution in [0.15, 0.2) is 12.1 Å². The molecule has 23 heavy (non-hydrogen) atoms. The van der Waals surface area contributed by atoms with Crippen molar-refractivity contribution < 1.29 is 29.7 Å². The van der Waals surface area contributed by atoms with Gasteiger partial charge in [-0.05, 0) is 25.7 Å². The van der Waals surface area contributed by atoms with E-state index >= 15 is 0 Å². The number of nitro groups is 1. The van der Waals surface area contributed by atoms with E-state index in [1.807, 2.05) is 0 Å². The zero-order chi connectivity index (χ0) is 17.2. The molecule has 1 heterocycles. The minimum Gasteiger partial charge on any atom is -0.550 e. The monoisotopic (exact) mass is 325 g/mol. The summed E-state index contributed by atoms with van der Waals surface area (Å²) >= 11 is 0. The van der Waals surface area contributed by atoms with Gasteiger partial charge in [0.15, 0.2) is 0 Å². The van der Waals surface area contributed by atoms with E-state index in [1.54, 1.807) is 0 Å². The molecule has 126 valence electrons. The zero-order valence-corrected chi connectivity index (χ0v) is 12.3. The highest BCUT2D eigenvalue weighted by Crippen LogP contribution is 2.20. The Hall–Kier alpha value is -2.91. The zero-order valence-electron chi connectivity index (χ0n) is 12.3. The van der Waals surface area contributed by atoms with Crippen molar-refractivity contribution in [1.82, 2.24) is 0 Å². The number of nitrogens with one attached hydrogen (secondary N) is 3. The molecule has 1 rings (SSSR count). The van der Waals surface area contributed by atoms with Crippen LogP contribution in [0.5, 0.6) is 0 Å². The predicted molar refractivity (Wildman–Crippen MR) is 75.1 cm³/mol. The van der Waals surface area contributed by atoms with Gasteiger partial charge in [0.1, 0.15) is 0 Å². The van der Waals surface area contributed by atoms with E-state index in [4.69, 9.17) is 0 Å². The topological polar surface area (TPSA) is 162 Å². The molecule has 0 saturated heterocycles. The minimum atomic E-state index is -1.19. The summed E-state index contributed by atoms with van der Waals surface area (Å²) in [4.78, 5) is 33.8. The van der Waals surface area contributed by atoms with Crippen LogP contribution in [0, 0.1) is 10.1 Å². The Kier molecular flexibility index (Phi) is 7.24. The molecule has 10 nitrogen and oxygen atoms in total. The molecule has 0 amide bonds. The largest absolute Gasteiger partial charge is 0.550 e. The highest BCUT2D eigenvalue weighted by atomic mass is 16.6. The van der Waals surface area contributed by atoms with Crippen LogP contribution in [0.2, 0.25) is 0 Å². The van der Waals surface area contributed by atoms with Crippen LogP contribution in [-0.4, -0.2) is 30.0 Å². The van der Waals surface area contributed by atoms with Crippen LogP contribution >= 0.6 is 0 Å². The van der Waals surface area contributed by atoms with Crippen LogP contribution in [0.4, 0.5) is 17.3 Å². The number of rotatable bonds is 11. The Morgan fingerprint density at radius 2 is 1.61 bits per heavy atom. The number of H-pyrrole nitrogens is 1. The highest BCUT2D eigenvalue weighted by molar-refractivity contribution is 5.64. The summed E-state index contributed by atoms with van der Waals surface area (Å²) in [5.41, 5.74) is -0.182. The average Bonchev–Trinajstić information content (AvgIpc) is 2.47. The maximum atomic E-state index is 11.0. The van der Waals surface area contributed by atoms with Crippen molar-refractivity contribution in [2.24, 2.45) is 0 Å². The summed E-state index contributed by atoms with van der Waals surface area (Å²) in [5.74, 6) is -1.72. The summed E-state index contributed by atoms with van der Waals surface area (Å²) in [6.07, 6.45) is 0.369. The third kappa shape index (κ3) is 7.07. The Morgan fingerprint density at radius 3 is 2.13 bits per heavy atom. The molecular formula is C13H17N4O6-. The Balaban J connectivity index is 2.64. The Labute approximate surface area is 131 Å². The van der Waals surface area contributed by atoms with Gasteiger partial charge in [-0.25, -0.2) is 4.98 Å². The smallest absolute Gasteiger partial charge is 0.340 e. The van der Waals surface area contributed by atoms with Crippen molar-refractivity contribution >= 4 is 29.3 Å². The Morgan fingerprint density at radius 1 is 1.04 bits per heavy atom. The normalized spacial score (nSPS) is 10.1. The van der Waals surface area contributed by atoms with E-state index < -0.39 is 16.9 Å². The van der Waals surface area contributed by atoms with Crippen molar-refractivity contribution in [3.8, 4) is 0 Å². The third-order valence-electron chi connectivity index (χ3n) is 2.85. The van der Waals surface area contributed by atoms with E-state index in [9.17, 15) is 29.9 Å². The number of nitrogens with zero attached hydrogens (tertiary/aromatic N) is 1. The fourth-order valence-corrected chi connectivity index (χ4v) is 1.78. The van der Waals surface area contributed by atoms with Gasteiger partial charge in [0.05, 0.1) is 18.0 Å². The molecule has 0 aliphatic heterocycles. The van der Waals surface area contributed by atoms with Gasteiger partial charge in [0.25, 0.3) is 5.82 Å². The summed E-state index contributed by atoms with van der Waals surface area (Å²) < 4.78 is 0. The standard InChI is InChI=1S/C13H18N4O6/c18-11(19)3-1-7-14-10-6-5-9(17(22)23)13(16-10)15-8-2-4-12(20)21/h5-6H,1-4,7-8H2,(H,18,19)(H,20,21)(H2,14,15,16)/p-1. The Bertz CT molecular complexity index is 578. The molecule has 0 aromatic carbocycles. The number of anilines is 2. The third-order valence-corrected chi connectivity index (χ3v) is 2.85. The summed E-state index contributed by atoms with van der Waals surface area (Å²) in [5, 5.41) is 37.3. The number of carbonyl (C=O) groups excluding carboxylic acids is 2. The molecular weight excluding hydrogens is 308 g/mol. The van der Waals surface area contributed by atoms with Crippen molar-refractivity contribution in [2.45, 2.75) is 25.7 Å². The van der Waals surface area contributed by atoms with E-state index in [0.717, 1.165) is 0 Å². The number of hydrogen-bond acceptors (Lipinski definition) is 8. The van der Waals surface area contributed by atoms with Gasteiger partial charge in [-0.2, -0.15) is 0 Å². The number of aromatic amines is 1. The molecule has 0 atom stereocenters. The number of carbonyl (C=O) groups is 2. The lowest BCUT2D eigenvalue weighted by Crippen LogP contribution is -2.25. The highest BCUT2D eigenvalue weighted by Gasteiger charge is 2.19. The molecule has 0 aliphatic rings. The van der Waals surface area contributed by atoms with Crippen LogP contribution in [-0.2, 0) is 9.59 Å². The van der Waals surface area contributed by atoms with Gasteiger partial charge in [-0.15, -0.1) is 0 Å². The van der Waals surface area contributed by atoms with Crippen LogP contribution in [0.1, 0.15) is 25.7 Å². The van der Waals surface area contributed by atoms with Crippen LogP contribution < -0.4 is 25.8 Å². The predicted octanol–water partition coefficient (Wildman–Crippen LogP) is -1.71. The van der Waals surface area contributed by atoms with Crippen LogP contribution in [0.25, 0.3) is 0 Å². The minimum absolute atomic E-state index is 0.0890. The van der Waals surface area contributed by atoms with Gasteiger partial charge < -0.3 is 25.1 Å². The van der Waals surface area contributed by atoms with Crippen LogP contribution in [0.3, 0.4) is 0 Å². The first kappa shape index (κ1) is 18.1. The molecule has 3 N–H and O–H groups in total. The second kappa shape index (κ2) is 9.18. The summed E-state index contributed by atoms with van der Waals surface area (Å²) in [7, 11) is 0. The van der Waals surface area contributed by atoms with Gasteiger partial charge in [-0.1, -0.05) is 0 Å². The van der Waals surface area contributed by atoms with E-state index in [0.29, 0.717) is 18.8 Å². The summed E-state index contributed by atoms with van der Waals surface area (Å²) in [6.45, 7) is 0.575. The van der Waals surface area contributed by atoms with E-state index in [1.165, 1.54) is 12.1 Å². The van der Waals surface area contributed by atoms with Crippen molar-refractivity contribution in [2.75, 3.05) is 23.7 Å². The number of aromatic nitrogens is 1. The molecule has 0 aliphatic carbocycles. The number of carboxylic acids is 2. The van der Waals surface area contributed by atoms with Gasteiger partial charge >= 0.3 is 5.69 Å². The quantitative estimate of drug-likeness (QED) is 0.276. The molecule has 0 radical (unpaired) electrons. The molecule has 0 unspecified atom stereocenters. The lowest BCUT2D eigenvalue weighted by atomic mass is 10.3. The first-order valence-corrected chi connectivity index (χ1v) is 6.98. The van der Waals surface area contributed by atoms with Gasteiger partial charge in [0, 0.05) is 24.1 Å². The first-order chi connectivity index (χ1) is 10.9. The number of aliphatic carboxylic acids is 2. The number of hydrogen-bond donors (Lipinski definition) is 2. The second-order valence-electron chi connectivity index (χ2n) is 4.69.